The number of benzene rings is 1. The van der Waals surface area contributed by atoms with Gasteiger partial charge in [0.25, 0.3) is 0 Å². The number of halogens is 1. The summed E-state index contributed by atoms with van der Waals surface area (Å²) in [7, 11) is 0. The third-order valence-corrected chi connectivity index (χ3v) is 4.79. The number of aromatic nitrogens is 1. The maximum absolute atomic E-state index is 13.2. The number of nitrogens with one attached hydrogen (secondary N) is 1. The average Bonchev–Trinajstić information content (AvgIpc) is 3.19. The van der Waals surface area contributed by atoms with Gasteiger partial charge < -0.3 is 9.84 Å². The lowest BCUT2D eigenvalue weighted by Gasteiger charge is -2.18. The first-order valence-electron chi connectivity index (χ1n) is 7.54. The highest BCUT2D eigenvalue weighted by atomic mass is 32.1. The number of hydrogen-bond acceptors (Lipinski definition) is 4. The van der Waals surface area contributed by atoms with Gasteiger partial charge in [-0.15, -0.1) is 11.3 Å². The summed E-state index contributed by atoms with van der Waals surface area (Å²) < 4.78 is 18.3. The highest BCUT2D eigenvalue weighted by Gasteiger charge is 2.20. The van der Waals surface area contributed by atoms with E-state index in [4.69, 9.17) is 4.52 Å². The molecular weight excluding hydrogens is 327 g/mol. The highest BCUT2D eigenvalue weighted by Crippen LogP contribution is 2.26. The van der Waals surface area contributed by atoms with Crippen molar-refractivity contribution in [2.45, 2.75) is 26.3 Å². The first-order valence-corrected chi connectivity index (χ1v) is 8.42. The molecule has 1 unspecified atom stereocenters. The van der Waals surface area contributed by atoms with Gasteiger partial charge in [0.1, 0.15) is 11.6 Å². The van der Waals surface area contributed by atoms with E-state index < -0.39 is 0 Å². The van der Waals surface area contributed by atoms with Crippen LogP contribution >= 0.6 is 11.3 Å². The number of nitrogens with zero attached hydrogens (tertiary/aromatic N) is 1. The predicted molar refractivity (Wildman–Crippen MR) is 90.4 cm³/mol. The maximum atomic E-state index is 13.2. The van der Waals surface area contributed by atoms with Crippen LogP contribution in [0.1, 0.15) is 33.5 Å². The zero-order valence-corrected chi connectivity index (χ0v) is 14.2. The van der Waals surface area contributed by atoms with Crippen molar-refractivity contribution in [3.8, 4) is 0 Å². The summed E-state index contributed by atoms with van der Waals surface area (Å²) in [6.45, 7) is 3.61. The second-order valence-electron chi connectivity index (χ2n) is 5.55. The number of amides is 1. The molecule has 0 fully saturated rings. The van der Waals surface area contributed by atoms with Crippen LogP contribution in [0.4, 0.5) is 4.39 Å². The Morgan fingerprint density at radius 2 is 2.04 bits per heavy atom. The zero-order valence-electron chi connectivity index (χ0n) is 13.4. The molecule has 0 aliphatic heterocycles. The van der Waals surface area contributed by atoms with Gasteiger partial charge in [-0.2, -0.15) is 0 Å². The molecule has 2 aromatic heterocycles. The molecule has 3 aromatic rings. The van der Waals surface area contributed by atoms with Crippen molar-refractivity contribution >= 4 is 17.2 Å². The second-order valence-corrected chi connectivity index (χ2v) is 6.53. The molecule has 0 spiro atoms. The van der Waals surface area contributed by atoms with Crippen LogP contribution in [-0.2, 0) is 11.2 Å². The Morgan fingerprint density at radius 3 is 2.62 bits per heavy atom. The number of hydrogen-bond donors (Lipinski definition) is 1. The van der Waals surface area contributed by atoms with Crippen LogP contribution in [0, 0.1) is 19.7 Å². The molecule has 0 bridgehead atoms. The Morgan fingerprint density at radius 1 is 1.29 bits per heavy atom. The Bertz CT molecular complexity index is 806. The normalized spacial score (nSPS) is 12.1. The molecular formula is C18H17FN2O2S. The van der Waals surface area contributed by atoms with Crippen molar-refractivity contribution in [2.75, 3.05) is 0 Å². The first-order chi connectivity index (χ1) is 11.5. The van der Waals surface area contributed by atoms with Crippen molar-refractivity contribution in [3.05, 3.63) is 75.1 Å². The van der Waals surface area contributed by atoms with Gasteiger partial charge in [0, 0.05) is 10.4 Å². The highest BCUT2D eigenvalue weighted by molar-refractivity contribution is 7.10. The fourth-order valence-corrected chi connectivity index (χ4v) is 3.36. The molecule has 24 heavy (non-hydrogen) atoms. The first kappa shape index (κ1) is 16.4. The monoisotopic (exact) mass is 344 g/mol. The van der Waals surface area contributed by atoms with E-state index in [-0.39, 0.29) is 24.2 Å². The van der Waals surface area contributed by atoms with E-state index in [1.165, 1.54) is 12.1 Å². The number of carbonyl (C=O) groups excluding carboxylic acids is 1. The average molecular weight is 344 g/mol. The van der Waals surface area contributed by atoms with Crippen molar-refractivity contribution < 1.29 is 13.7 Å². The summed E-state index contributed by atoms with van der Waals surface area (Å²) in [6.07, 6.45) is 0.199. The van der Waals surface area contributed by atoms with Gasteiger partial charge in [-0.3, -0.25) is 4.79 Å². The third kappa shape index (κ3) is 3.54. The molecule has 4 nitrogen and oxygen atoms in total. The minimum Gasteiger partial charge on any atom is -0.361 e. The van der Waals surface area contributed by atoms with Crippen LogP contribution in [0.3, 0.4) is 0 Å². The van der Waals surface area contributed by atoms with E-state index in [0.29, 0.717) is 5.76 Å². The lowest BCUT2D eigenvalue weighted by Crippen LogP contribution is -2.30. The molecule has 0 aliphatic rings. The summed E-state index contributed by atoms with van der Waals surface area (Å²) in [6, 6.07) is 9.75. The molecule has 0 aliphatic carbocycles. The predicted octanol–water partition coefficient (Wildman–Crippen LogP) is 3.94. The van der Waals surface area contributed by atoms with E-state index in [2.05, 4.69) is 10.5 Å². The van der Waals surface area contributed by atoms with Gasteiger partial charge >= 0.3 is 0 Å². The van der Waals surface area contributed by atoms with Crippen LogP contribution in [0.2, 0.25) is 0 Å². The zero-order chi connectivity index (χ0) is 17.1. The number of aryl methyl sites for hydroxylation is 2. The topological polar surface area (TPSA) is 55.1 Å². The number of thiophene rings is 1. The molecule has 1 N–H and O–H groups in total. The Kier molecular flexibility index (Phi) is 4.76. The standard InChI is InChI=1S/C18H17FN2O2S/c1-11-15(12(2)23-21-11)10-17(22)20-18(16-4-3-9-24-16)13-5-7-14(19)8-6-13/h3-9,18H,10H2,1-2H3,(H,20,22). The van der Waals surface area contributed by atoms with Crippen LogP contribution in [-0.4, -0.2) is 11.1 Å². The van der Waals surface area contributed by atoms with Gasteiger partial charge in [0.2, 0.25) is 5.91 Å². The molecule has 0 radical (unpaired) electrons. The smallest absolute Gasteiger partial charge is 0.225 e. The summed E-state index contributed by atoms with van der Waals surface area (Å²) in [5, 5.41) is 8.85. The van der Waals surface area contributed by atoms with Gasteiger partial charge in [-0.05, 0) is 43.0 Å². The molecule has 124 valence electrons. The SMILES string of the molecule is Cc1noc(C)c1CC(=O)NC(c1ccc(F)cc1)c1cccs1. The molecule has 6 heteroatoms. The Hall–Kier alpha value is -2.47. The minimum atomic E-state index is -0.307. The van der Waals surface area contributed by atoms with Gasteiger partial charge in [0.05, 0.1) is 18.2 Å². The molecule has 3 rings (SSSR count). The van der Waals surface area contributed by atoms with Crippen molar-refractivity contribution in [3.63, 3.8) is 0 Å². The molecule has 2 heterocycles. The van der Waals surface area contributed by atoms with Crippen LogP contribution in [0.25, 0.3) is 0 Å². The van der Waals surface area contributed by atoms with Gasteiger partial charge in [0.15, 0.2) is 0 Å². The van der Waals surface area contributed by atoms with E-state index in [9.17, 15) is 9.18 Å². The van der Waals surface area contributed by atoms with E-state index in [1.54, 1.807) is 30.4 Å². The molecule has 1 amide bonds. The Labute approximate surface area is 143 Å². The molecule has 1 atom stereocenters. The quantitative estimate of drug-likeness (QED) is 0.763. The lowest BCUT2D eigenvalue weighted by atomic mass is 10.0. The molecule has 1 aromatic carbocycles. The van der Waals surface area contributed by atoms with Crippen molar-refractivity contribution in [1.29, 1.82) is 0 Å². The summed E-state index contributed by atoms with van der Waals surface area (Å²) in [5.41, 5.74) is 2.36. The van der Waals surface area contributed by atoms with Crippen LogP contribution in [0.5, 0.6) is 0 Å². The van der Waals surface area contributed by atoms with Gasteiger partial charge in [-0.1, -0.05) is 23.4 Å². The lowest BCUT2D eigenvalue weighted by molar-refractivity contribution is -0.120. The fourth-order valence-electron chi connectivity index (χ4n) is 2.56. The maximum Gasteiger partial charge on any atom is 0.225 e. The fraction of sp³-hybridized carbons (Fsp3) is 0.222. The summed E-state index contributed by atoms with van der Waals surface area (Å²) >= 11 is 1.55. The van der Waals surface area contributed by atoms with Crippen molar-refractivity contribution in [1.82, 2.24) is 10.5 Å². The number of carbonyl (C=O) groups is 1. The van der Waals surface area contributed by atoms with Crippen LogP contribution < -0.4 is 5.32 Å². The second kappa shape index (κ2) is 6.97. The van der Waals surface area contributed by atoms with Crippen molar-refractivity contribution in [2.24, 2.45) is 0 Å². The molecule has 0 saturated carbocycles. The molecule has 0 saturated heterocycles. The van der Waals surface area contributed by atoms with E-state index in [1.807, 2.05) is 24.4 Å². The van der Waals surface area contributed by atoms with Crippen LogP contribution in [0.15, 0.2) is 46.3 Å². The largest absolute Gasteiger partial charge is 0.361 e. The Balaban J connectivity index is 1.82. The third-order valence-electron chi connectivity index (χ3n) is 3.85. The summed E-state index contributed by atoms with van der Waals surface area (Å²) in [5.74, 6) is 0.218. The number of rotatable bonds is 5. The van der Waals surface area contributed by atoms with E-state index in [0.717, 1.165) is 21.7 Å². The minimum absolute atomic E-state index is 0.132. The van der Waals surface area contributed by atoms with Gasteiger partial charge in [-0.25, -0.2) is 4.39 Å². The summed E-state index contributed by atoms with van der Waals surface area (Å²) in [4.78, 5) is 13.5. The van der Waals surface area contributed by atoms with E-state index >= 15 is 0 Å².